The zero-order valence-corrected chi connectivity index (χ0v) is 12.5. The Balaban J connectivity index is 1.88. The summed E-state index contributed by atoms with van der Waals surface area (Å²) < 4.78 is 0. The summed E-state index contributed by atoms with van der Waals surface area (Å²) in [5, 5.41) is 16.0. The van der Waals surface area contributed by atoms with Crippen molar-refractivity contribution in [2.75, 3.05) is 5.32 Å². The Labute approximate surface area is 129 Å². The first-order valence-corrected chi connectivity index (χ1v) is 7.22. The summed E-state index contributed by atoms with van der Waals surface area (Å²) in [5.41, 5.74) is 3.21. The highest BCUT2D eigenvalue weighted by Gasteiger charge is 2.04. The molecule has 0 amide bonds. The van der Waals surface area contributed by atoms with Gasteiger partial charge in [-0.15, -0.1) is 0 Å². The molecule has 0 heterocycles. The third kappa shape index (κ3) is 2.81. The molecule has 0 aliphatic heterocycles. The predicted octanol–water partition coefficient (Wildman–Crippen LogP) is 5.12. The van der Waals surface area contributed by atoms with Gasteiger partial charge in [-0.3, -0.25) is 0 Å². The standard InChI is InChI=1S/C18H16ClNO/c1-12-8-9-13(10-16(12)19)11-20-17-6-2-5-15-14(17)4-3-7-18(15)21/h2-10,20-21H,11H2,1H3. The fourth-order valence-corrected chi connectivity index (χ4v) is 2.59. The van der Waals surface area contributed by atoms with Gasteiger partial charge in [-0.25, -0.2) is 0 Å². The maximum absolute atomic E-state index is 9.90. The second kappa shape index (κ2) is 5.66. The van der Waals surface area contributed by atoms with Gasteiger partial charge in [0.05, 0.1) is 0 Å². The van der Waals surface area contributed by atoms with Crippen LogP contribution in [-0.4, -0.2) is 5.11 Å². The number of phenolic OH excluding ortho intramolecular Hbond substituents is 1. The monoisotopic (exact) mass is 297 g/mol. The minimum atomic E-state index is 0.300. The molecule has 2 N–H and O–H groups in total. The number of aromatic hydroxyl groups is 1. The molecular weight excluding hydrogens is 282 g/mol. The molecule has 3 aromatic carbocycles. The van der Waals surface area contributed by atoms with Gasteiger partial charge in [-0.1, -0.05) is 48.0 Å². The second-order valence-electron chi connectivity index (χ2n) is 5.11. The van der Waals surface area contributed by atoms with E-state index in [0.29, 0.717) is 12.3 Å². The van der Waals surface area contributed by atoms with E-state index in [4.69, 9.17) is 11.6 Å². The Hall–Kier alpha value is -2.19. The van der Waals surface area contributed by atoms with Gasteiger partial charge in [0.15, 0.2) is 0 Å². The third-order valence-electron chi connectivity index (χ3n) is 3.62. The quantitative estimate of drug-likeness (QED) is 0.703. The number of phenols is 1. The van der Waals surface area contributed by atoms with E-state index in [0.717, 1.165) is 32.6 Å². The highest BCUT2D eigenvalue weighted by molar-refractivity contribution is 6.31. The van der Waals surface area contributed by atoms with E-state index in [1.165, 1.54) is 0 Å². The van der Waals surface area contributed by atoms with Gasteiger partial charge >= 0.3 is 0 Å². The van der Waals surface area contributed by atoms with Gasteiger partial charge in [-0.2, -0.15) is 0 Å². The van der Waals surface area contributed by atoms with Crippen molar-refractivity contribution in [3.63, 3.8) is 0 Å². The summed E-state index contributed by atoms with van der Waals surface area (Å²) in [5.74, 6) is 0.300. The highest BCUT2D eigenvalue weighted by Crippen LogP contribution is 2.30. The summed E-state index contributed by atoms with van der Waals surface area (Å²) in [6.45, 7) is 2.68. The molecule has 0 unspecified atom stereocenters. The van der Waals surface area contributed by atoms with Crippen LogP contribution in [-0.2, 0) is 6.54 Å². The lowest BCUT2D eigenvalue weighted by Crippen LogP contribution is -2.00. The van der Waals surface area contributed by atoms with Crippen LogP contribution in [0.4, 0.5) is 5.69 Å². The lowest BCUT2D eigenvalue weighted by atomic mass is 10.1. The van der Waals surface area contributed by atoms with Crippen molar-refractivity contribution in [2.24, 2.45) is 0 Å². The van der Waals surface area contributed by atoms with E-state index in [1.807, 2.05) is 49.4 Å². The largest absolute Gasteiger partial charge is 0.507 e. The average molecular weight is 298 g/mol. The number of fused-ring (bicyclic) bond motifs is 1. The van der Waals surface area contributed by atoms with Crippen molar-refractivity contribution in [3.8, 4) is 5.75 Å². The van der Waals surface area contributed by atoms with Gasteiger partial charge in [0.25, 0.3) is 0 Å². The molecule has 3 aromatic rings. The first-order valence-electron chi connectivity index (χ1n) is 6.85. The molecule has 3 rings (SSSR count). The van der Waals surface area contributed by atoms with Gasteiger partial charge in [-0.05, 0) is 36.2 Å². The van der Waals surface area contributed by atoms with Gasteiger partial charge < -0.3 is 10.4 Å². The predicted molar refractivity (Wildman–Crippen MR) is 89.1 cm³/mol. The minimum Gasteiger partial charge on any atom is -0.507 e. The van der Waals surface area contributed by atoms with Crippen LogP contribution in [0.15, 0.2) is 54.6 Å². The summed E-state index contributed by atoms with van der Waals surface area (Å²) in [4.78, 5) is 0. The van der Waals surface area contributed by atoms with Crippen molar-refractivity contribution in [3.05, 3.63) is 70.7 Å². The van der Waals surface area contributed by atoms with E-state index in [2.05, 4.69) is 11.4 Å². The smallest absolute Gasteiger partial charge is 0.123 e. The number of hydrogen-bond acceptors (Lipinski definition) is 2. The normalized spacial score (nSPS) is 10.8. The molecular formula is C18H16ClNO. The molecule has 0 bridgehead atoms. The maximum Gasteiger partial charge on any atom is 0.123 e. The maximum atomic E-state index is 9.90. The van der Waals surface area contributed by atoms with E-state index in [1.54, 1.807) is 6.07 Å². The summed E-state index contributed by atoms with van der Waals surface area (Å²) in [6, 6.07) is 17.5. The lowest BCUT2D eigenvalue weighted by Gasteiger charge is -2.11. The van der Waals surface area contributed by atoms with Crippen molar-refractivity contribution < 1.29 is 5.11 Å². The molecule has 0 aromatic heterocycles. The van der Waals surface area contributed by atoms with E-state index < -0.39 is 0 Å². The molecule has 21 heavy (non-hydrogen) atoms. The molecule has 0 saturated heterocycles. The van der Waals surface area contributed by atoms with Crippen molar-refractivity contribution >= 4 is 28.1 Å². The molecule has 0 aliphatic carbocycles. The van der Waals surface area contributed by atoms with Crippen LogP contribution >= 0.6 is 11.6 Å². The van der Waals surface area contributed by atoms with Crippen LogP contribution in [0, 0.1) is 6.92 Å². The third-order valence-corrected chi connectivity index (χ3v) is 4.03. The Morgan fingerprint density at radius 3 is 2.57 bits per heavy atom. The molecule has 106 valence electrons. The number of nitrogens with one attached hydrogen (secondary N) is 1. The topological polar surface area (TPSA) is 32.3 Å². The molecule has 0 spiro atoms. The lowest BCUT2D eigenvalue weighted by molar-refractivity contribution is 0.481. The number of hydrogen-bond donors (Lipinski definition) is 2. The Bertz CT molecular complexity index is 798. The SMILES string of the molecule is Cc1ccc(CNc2cccc3c(O)cccc23)cc1Cl. The number of aryl methyl sites for hydroxylation is 1. The molecule has 2 nitrogen and oxygen atoms in total. The highest BCUT2D eigenvalue weighted by atomic mass is 35.5. The van der Waals surface area contributed by atoms with Crippen molar-refractivity contribution in [1.29, 1.82) is 0 Å². The Morgan fingerprint density at radius 2 is 1.76 bits per heavy atom. The van der Waals surface area contributed by atoms with Gasteiger partial charge in [0, 0.05) is 28.0 Å². The fraction of sp³-hybridized carbons (Fsp3) is 0.111. The van der Waals surface area contributed by atoms with E-state index >= 15 is 0 Å². The molecule has 3 heteroatoms. The van der Waals surface area contributed by atoms with Crippen LogP contribution < -0.4 is 5.32 Å². The summed E-state index contributed by atoms with van der Waals surface area (Å²) >= 11 is 6.15. The molecule has 0 fully saturated rings. The van der Waals surface area contributed by atoms with Crippen LogP contribution in [0.3, 0.4) is 0 Å². The Morgan fingerprint density at radius 1 is 1.00 bits per heavy atom. The summed E-state index contributed by atoms with van der Waals surface area (Å²) in [6.07, 6.45) is 0. The second-order valence-corrected chi connectivity index (χ2v) is 5.52. The minimum absolute atomic E-state index is 0.300. The van der Waals surface area contributed by atoms with Crippen LogP contribution in [0.1, 0.15) is 11.1 Å². The van der Waals surface area contributed by atoms with Crippen molar-refractivity contribution in [1.82, 2.24) is 0 Å². The van der Waals surface area contributed by atoms with Crippen LogP contribution in [0.2, 0.25) is 5.02 Å². The first kappa shape index (κ1) is 13.8. The number of rotatable bonds is 3. The summed E-state index contributed by atoms with van der Waals surface area (Å²) in [7, 11) is 0. The number of anilines is 1. The van der Waals surface area contributed by atoms with E-state index in [9.17, 15) is 5.11 Å². The average Bonchev–Trinajstić information content (AvgIpc) is 2.49. The van der Waals surface area contributed by atoms with Crippen LogP contribution in [0.25, 0.3) is 10.8 Å². The first-order chi connectivity index (χ1) is 10.1. The van der Waals surface area contributed by atoms with Crippen molar-refractivity contribution in [2.45, 2.75) is 13.5 Å². The number of halogens is 1. The molecule has 0 aliphatic rings. The van der Waals surface area contributed by atoms with Gasteiger partial charge in [0.2, 0.25) is 0 Å². The zero-order valence-electron chi connectivity index (χ0n) is 11.7. The van der Waals surface area contributed by atoms with E-state index in [-0.39, 0.29) is 0 Å². The Kier molecular flexibility index (Phi) is 3.72. The molecule has 0 atom stereocenters. The zero-order chi connectivity index (χ0) is 14.8. The number of benzene rings is 3. The molecule has 0 radical (unpaired) electrons. The van der Waals surface area contributed by atoms with Gasteiger partial charge in [0.1, 0.15) is 5.75 Å². The molecule has 0 saturated carbocycles. The van der Waals surface area contributed by atoms with Crippen LogP contribution in [0.5, 0.6) is 5.75 Å². The fourth-order valence-electron chi connectivity index (χ4n) is 2.39.